The summed E-state index contributed by atoms with van der Waals surface area (Å²) in [5, 5.41) is 8.46. The lowest BCUT2D eigenvalue weighted by Crippen LogP contribution is -2.09. The van der Waals surface area contributed by atoms with Crippen LogP contribution in [0.1, 0.15) is 6.42 Å². The van der Waals surface area contributed by atoms with Crippen LogP contribution in [0.15, 0.2) is 12.2 Å². The minimum Gasteiger partial charge on any atom is -0.478 e. The lowest BCUT2D eigenvalue weighted by Gasteiger charge is -2.00. The number of thiocarbonyl (C=S) groups is 1. The fraction of sp³-hybridized carbons (Fsp3) is 0.429. The second-order valence-corrected chi connectivity index (χ2v) is 3.43. The average Bonchev–Trinajstić information content (AvgIpc) is 1.98. The van der Waals surface area contributed by atoms with E-state index >= 15 is 0 Å². The molecule has 0 aromatic heterocycles. The van der Waals surface area contributed by atoms with Gasteiger partial charge >= 0.3 is 5.97 Å². The maximum Gasteiger partial charge on any atom is 0.336 e. The summed E-state index contributed by atoms with van der Waals surface area (Å²) in [6.45, 7) is 3.36. The van der Waals surface area contributed by atoms with Crippen LogP contribution in [0.2, 0.25) is 0 Å². The quantitative estimate of drug-likeness (QED) is 0.529. The van der Waals surface area contributed by atoms with Gasteiger partial charge in [-0.15, -0.1) is 0 Å². The molecule has 0 spiro atoms. The van der Waals surface area contributed by atoms with Crippen LogP contribution in [0, 0.1) is 0 Å². The molecule has 0 atom stereocenters. The summed E-state index contributed by atoms with van der Waals surface area (Å²) in [5.74, 6) is -0.165. The largest absolute Gasteiger partial charge is 0.478 e. The molecule has 0 unspecified atom stereocenters. The lowest BCUT2D eigenvalue weighted by molar-refractivity contribution is -0.132. The van der Waals surface area contributed by atoms with Crippen molar-refractivity contribution >= 4 is 34.8 Å². The molecule has 0 bridgehead atoms. The fourth-order valence-electron chi connectivity index (χ4n) is 0.465. The second kappa shape index (κ2) is 5.32. The molecule has 0 radical (unpaired) electrons. The molecule has 62 valence electrons. The van der Waals surface area contributed by atoms with Gasteiger partial charge in [0.05, 0.1) is 5.57 Å². The van der Waals surface area contributed by atoms with Gasteiger partial charge in [-0.1, -0.05) is 18.8 Å². The monoisotopic (exact) mass is 190 g/mol. The molecular weight excluding hydrogens is 180 g/mol. The van der Waals surface area contributed by atoms with Gasteiger partial charge in [0.2, 0.25) is 0 Å². The number of rotatable bonds is 5. The zero-order valence-corrected chi connectivity index (χ0v) is 7.93. The Labute approximate surface area is 75.7 Å². The topological polar surface area (TPSA) is 37.3 Å². The predicted molar refractivity (Wildman–Crippen MR) is 52.4 cm³/mol. The van der Waals surface area contributed by atoms with Gasteiger partial charge < -0.3 is 5.11 Å². The molecule has 0 aromatic rings. The van der Waals surface area contributed by atoms with E-state index in [1.807, 2.05) is 6.26 Å². The summed E-state index contributed by atoms with van der Waals surface area (Å²) in [4.78, 5) is 10.8. The highest BCUT2D eigenvalue weighted by molar-refractivity contribution is 7.98. The van der Waals surface area contributed by atoms with Crippen LogP contribution >= 0.6 is 24.0 Å². The third kappa shape index (κ3) is 4.16. The lowest BCUT2D eigenvalue weighted by atomic mass is 10.2. The number of carbonyl (C=O) groups is 1. The molecule has 0 aliphatic heterocycles. The molecule has 0 rings (SSSR count). The zero-order chi connectivity index (χ0) is 8.85. The first-order valence-corrected chi connectivity index (χ1v) is 4.84. The predicted octanol–water partition coefficient (Wildman–Crippen LogP) is 1.75. The van der Waals surface area contributed by atoms with Crippen molar-refractivity contribution in [1.82, 2.24) is 0 Å². The SMILES string of the molecule is C=C(C(=O)O)C(=S)CCSC. The van der Waals surface area contributed by atoms with E-state index in [-0.39, 0.29) is 5.57 Å². The van der Waals surface area contributed by atoms with Crippen LogP contribution < -0.4 is 0 Å². The Morgan fingerprint density at radius 3 is 2.64 bits per heavy atom. The molecule has 4 heteroatoms. The average molecular weight is 190 g/mol. The van der Waals surface area contributed by atoms with Gasteiger partial charge in [-0.2, -0.15) is 11.8 Å². The number of carboxylic acid groups (broad SMARTS) is 1. The Morgan fingerprint density at radius 2 is 2.27 bits per heavy atom. The van der Waals surface area contributed by atoms with Crippen molar-refractivity contribution in [3.63, 3.8) is 0 Å². The van der Waals surface area contributed by atoms with Crippen molar-refractivity contribution in [3.8, 4) is 0 Å². The van der Waals surface area contributed by atoms with Crippen molar-refractivity contribution in [2.24, 2.45) is 0 Å². The van der Waals surface area contributed by atoms with E-state index in [9.17, 15) is 4.79 Å². The van der Waals surface area contributed by atoms with Crippen LogP contribution in [0.5, 0.6) is 0 Å². The zero-order valence-electron chi connectivity index (χ0n) is 6.29. The first kappa shape index (κ1) is 10.7. The molecule has 2 nitrogen and oxygen atoms in total. The van der Waals surface area contributed by atoms with Gasteiger partial charge in [-0.3, -0.25) is 0 Å². The van der Waals surface area contributed by atoms with Crippen molar-refractivity contribution in [3.05, 3.63) is 12.2 Å². The highest BCUT2D eigenvalue weighted by atomic mass is 32.2. The van der Waals surface area contributed by atoms with Gasteiger partial charge in [0, 0.05) is 4.86 Å². The molecule has 0 aliphatic rings. The molecule has 0 fully saturated rings. The summed E-state index contributed by atoms with van der Waals surface area (Å²) < 4.78 is 0. The van der Waals surface area contributed by atoms with Gasteiger partial charge in [0.1, 0.15) is 0 Å². The number of carboxylic acids is 1. The van der Waals surface area contributed by atoms with E-state index in [0.29, 0.717) is 11.3 Å². The summed E-state index contributed by atoms with van der Waals surface area (Å²) in [7, 11) is 0. The standard InChI is InChI=1S/C7H10O2S2/c1-5(7(8)9)6(10)3-4-11-2/h1,3-4H2,2H3,(H,8,9). The first-order chi connectivity index (χ1) is 5.09. The fourth-order valence-corrected chi connectivity index (χ4v) is 1.19. The van der Waals surface area contributed by atoms with Crippen LogP contribution in [0.3, 0.4) is 0 Å². The van der Waals surface area contributed by atoms with Crippen LogP contribution in [0.4, 0.5) is 0 Å². The summed E-state index contributed by atoms with van der Waals surface area (Å²) in [6.07, 6.45) is 2.58. The molecule has 1 N–H and O–H groups in total. The van der Waals surface area contributed by atoms with E-state index in [1.165, 1.54) is 0 Å². The maximum absolute atomic E-state index is 10.3. The smallest absolute Gasteiger partial charge is 0.336 e. The summed E-state index contributed by atoms with van der Waals surface area (Å²) in [5.41, 5.74) is 0.0500. The third-order valence-electron chi connectivity index (χ3n) is 1.13. The van der Waals surface area contributed by atoms with Crippen LogP contribution in [-0.4, -0.2) is 27.9 Å². The normalized spacial score (nSPS) is 9.18. The Kier molecular flexibility index (Phi) is 5.15. The summed E-state index contributed by atoms with van der Waals surface area (Å²) in [6, 6.07) is 0. The molecule has 0 saturated heterocycles. The number of aliphatic carboxylic acids is 1. The minimum atomic E-state index is -1.02. The van der Waals surface area contributed by atoms with Crippen LogP contribution in [-0.2, 0) is 4.79 Å². The Morgan fingerprint density at radius 1 is 1.73 bits per heavy atom. The Bertz CT molecular complexity index is 187. The minimum absolute atomic E-state index is 0.0500. The third-order valence-corrected chi connectivity index (χ3v) is 2.19. The van der Waals surface area contributed by atoms with Crippen molar-refractivity contribution in [2.45, 2.75) is 6.42 Å². The van der Waals surface area contributed by atoms with Gasteiger partial charge in [0.25, 0.3) is 0 Å². The van der Waals surface area contributed by atoms with Crippen molar-refractivity contribution < 1.29 is 9.90 Å². The van der Waals surface area contributed by atoms with Gasteiger partial charge in [-0.05, 0) is 18.4 Å². The number of hydrogen-bond donors (Lipinski definition) is 1. The van der Waals surface area contributed by atoms with E-state index in [1.54, 1.807) is 11.8 Å². The molecule has 0 saturated carbocycles. The Balaban J connectivity index is 3.84. The molecular formula is C7H10O2S2. The van der Waals surface area contributed by atoms with E-state index in [4.69, 9.17) is 17.3 Å². The molecule has 0 aliphatic carbocycles. The summed E-state index contributed by atoms with van der Waals surface area (Å²) >= 11 is 6.46. The van der Waals surface area contributed by atoms with Gasteiger partial charge in [0.15, 0.2) is 0 Å². The molecule has 0 amide bonds. The number of hydrogen-bond acceptors (Lipinski definition) is 3. The highest BCUT2D eigenvalue weighted by Crippen LogP contribution is 2.04. The molecule has 11 heavy (non-hydrogen) atoms. The maximum atomic E-state index is 10.3. The van der Waals surface area contributed by atoms with E-state index in [2.05, 4.69) is 6.58 Å². The number of thioether (sulfide) groups is 1. The van der Waals surface area contributed by atoms with Crippen molar-refractivity contribution in [2.75, 3.05) is 12.0 Å². The van der Waals surface area contributed by atoms with Crippen LogP contribution in [0.25, 0.3) is 0 Å². The van der Waals surface area contributed by atoms with E-state index in [0.717, 1.165) is 5.75 Å². The highest BCUT2D eigenvalue weighted by Gasteiger charge is 2.08. The second-order valence-electron chi connectivity index (χ2n) is 1.95. The first-order valence-electron chi connectivity index (χ1n) is 3.04. The van der Waals surface area contributed by atoms with E-state index < -0.39 is 5.97 Å². The molecule has 0 aromatic carbocycles. The van der Waals surface area contributed by atoms with Crippen molar-refractivity contribution in [1.29, 1.82) is 0 Å². The Hall–Kier alpha value is -0.350. The molecule has 0 heterocycles. The van der Waals surface area contributed by atoms with Gasteiger partial charge in [-0.25, -0.2) is 4.79 Å².